The number of piperidine rings is 1. The molecule has 0 aromatic carbocycles. The van der Waals surface area contributed by atoms with Gasteiger partial charge in [-0.2, -0.15) is 0 Å². The van der Waals surface area contributed by atoms with Crippen LogP contribution in [0.2, 0.25) is 0 Å². The van der Waals surface area contributed by atoms with Crippen molar-refractivity contribution in [1.82, 2.24) is 20.6 Å². The monoisotopic (exact) mass is 194 g/mol. The fourth-order valence-electron chi connectivity index (χ4n) is 1.54. The van der Waals surface area contributed by atoms with Gasteiger partial charge in [0.05, 0.1) is 6.54 Å². The Hall–Kier alpha value is -1.36. The van der Waals surface area contributed by atoms with E-state index < -0.39 is 0 Å². The largest absolute Gasteiger partial charge is 0.355 e. The van der Waals surface area contributed by atoms with Gasteiger partial charge in [0, 0.05) is 31.4 Å². The third-order valence-corrected chi connectivity index (χ3v) is 2.38. The molecule has 2 rings (SSSR count). The molecule has 76 valence electrons. The van der Waals surface area contributed by atoms with Crippen molar-refractivity contribution in [2.45, 2.75) is 25.4 Å². The van der Waals surface area contributed by atoms with Gasteiger partial charge in [0.25, 0.3) is 0 Å². The van der Waals surface area contributed by atoms with Crippen LogP contribution in [0.4, 0.5) is 0 Å². The number of rotatable bonds is 3. The highest BCUT2D eigenvalue weighted by Gasteiger charge is 2.16. The highest BCUT2D eigenvalue weighted by molar-refractivity contribution is 5.76. The first-order valence-corrected chi connectivity index (χ1v) is 4.83. The fourth-order valence-corrected chi connectivity index (χ4v) is 1.54. The number of carbonyl (C=O) groups excluding carboxylic acids is 1. The molecule has 0 spiro atoms. The zero-order valence-corrected chi connectivity index (χ0v) is 7.92. The van der Waals surface area contributed by atoms with Gasteiger partial charge >= 0.3 is 0 Å². The number of imidazole rings is 1. The Labute approximate surface area is 82.3 Å². The minimum Gasteiger partial charge on any atom is -0.355 e. The van der Waals surface area contributed by atoms with Crippen LogP contribution in [0, 0.1) is 0 Å². The van der Waals surface area contributed by atoms with E-state index in [1.165, 1.54) is 0 Å². The summed E-state index contributed by atoms with van der Waals surface area (Å²) in [5.74, 6) is 1.09. The molecule has 1 amide bonds. The van der Waals surface area contributed by atoms with E-state index in [0.29, 0.717) is 12.5 Å². The number of aromatic amines is 1. The highest BCUT2D eigenvalue weighted by atomic mass is 16.1. The molecule has 1 aliphatic heterocycles. The van der Waals surface area contributed by atoms with Gasteiger partial charge in [0.15, 0.2) is 0 Å². The summed E-state index contributed by atoms with van der Waals surface area (Å²) < 4.78 is 0. The van der Waals surface area contributed by atoms with E-state index in [-0.39, 0.29) is 5.91 Å². The summed E-state index contributed by atoms with van der Waals surface area (Å²) >= 11 is 0. The smallest absolute Gasteiger partial charge is 0.220 e. The molecule has 1 unspecified atom stereocenters. The molecule has 14 heavy (non-hydrogen) atoms. The predicted molar refractivity (Wildman–Crippen MR) is 51.5 cm³/mol. The predicted octanol–water partition coefficient (Wildman–Crippen LogP) is -0.222. The van der Waals surface area contributed by atoms with E-state index in [1.54, 1.807) is 12.4 Å². The molecule has 2 heterocycles. The molecule has 0 radical (unpaired) electrons. The van der Waals surface area contributed by atoms with Gasteiger partial charge in [-0.3, -0.25) is 4.79 Å². The van der Waals surface area contributed by atoms with Gasteiger partial charge in [0.2, 0.25) is 5.91 Å². The van der Waals surface area contributed by atoms with Crippen LogP contribution >= 0.6 is 0 Å². The lowest BCUT2D eigenvalue weighted by molar-refractivity contribution is -0.122. The van der Waals surface area contributed by atoms with Gasteiger partial charge in [-0.15, -0.1) is 0 Å². The van der Waals surface area contributed by atoms with Crippen LogP contribution < -0.4 is 10.6 Å². The quantitative estimate of drug-likeness (QED) is 0.623. The second kappa shape index (κ2) is 4.23. The maximum Gasteiger partial charge on any atom is 0.220 e. The molecule has 0 bridgehead atoms. The molecule has 1 aromatic heterocycles. The van der Waals surface area contributed by atoms with Crippen LogP contribution in [-0.2, 0) is 11.3 Å². The Bertz CT molecular complexity index is 286. The van der Waals surface area contributed by atoms with Crippen molar-refractivity contribution in [3.63, 3.8) is 0 Å². The van der Waals surface area contributed by atoms with Crippen molar-refractivity contribution in [1.29, 1.82) is 0 Å². The topological polar surface area (TPSA) is 69.8 Å². The molecule has 0 aliphatic carbocycles. The van der Waals surface area contributed by atoms with Crippen molar-refractivity contribution in [3.05, 3.63) is 18.2 Å². The fraction of sp³-hybridized carbons (Fsp3) is 0.556. The minimum atomic E-state index is 0.154. The Morgan fingerprint density at radius 2 is 2.57 bits per heavy atom. The lowest BCUT2D eigenvalue weighted by atomic mass is 10.1. The Kier molecular flexibility index (Phi) is 2.78. The van der Waals surface area contributed by atoms with Gasteiger partial charge in [0.1, 0.15) is 5.82 Å². The number of hydrogen-bond acceptors (Lipinski definition) is 3. The molecule has 5 nitrogen and oxygen atoms in total. The molecule has 3 N–H and O–H groups in total. The number of nitrogens with zero attached hydrogens (tertiary/aromatic N) is 1. The number of amides is 1. The maximum absolute atomic E-state index is 10.9. The van der Waals surface area contributed by atoms with E-state index in [9.17, 15) is 4.79 Å². The minimum absolute atomic E-state index is 0.154. The molecule has 0 saturated carbocycles. The Balaban J connectivity index is 1.73. The van der Waals surface area contributed by atoms with Crippen LogP contribution in [0.5, 0.6) is 0 Å². The summed E-state index contributed by atoms with van der Waals surface area (Å²) in [4.78, 5) is 18.0. The van der Waals surface area contributed by atoms with Crippen molar-refractivity contribution in [2.75, 3.05) is 6.54 Å². The third kappa shape index (κ3) is 2.32. The molecule has 1 aliphatic rings. The van der Waals surface area contributed by atoms with Crippen molar-refractivity contribution < 1.29 is 4.79 Å². The maximum atomic E-state index is 10.9. The molecule has 1 saturated heterocycles. The molecule has 1 fully saturated rings. The second-order valence-corrected chi connectivity index (χ2v) is 3.46. The number of nitrogens with one attached hydrogen (secondary N) is 3. The first-order chi connectivity index (χ1) is 6.84. The van der Waals surface area contributed by atoms with E-state index in [1.807, 2.05) is 0 Å². The molecular formula is C9H14N4O. The average molecular weight is 194 g/mol. The third-order valence-electron chi connectivity index (χ3n) is 2.38. The molecule has 5 heteroatoms. The van der Waals surface area contributed by atoms with Crippen LogP contribution in [0.1, 0.15) is 18.7 Å². The van der Waals surface area contributed by atoms with E-state index >= 15 is 0 Å². The number of hydrogen-bond donors (Lipinski definition) is 3. The standard InChI is InChI=1S/C9H14N4O/c14-9-2-1-7(5-13-9)12-6-8-10-3-4-11-8/h3-4,7,12H,1-2,5-6H2,(H,10,11)(H,13,14). The molecule has 1 atom stereocenters. The summed E-state index contributed by atoms with van der Waals surface area (Å²) in [6, 6.07) is 0.373. The van der Waals surface area contributed by atoms with E-state index in [0.717, 1.165) is 25.3 Å². The average Bonchev–Trinajstić information content (AvgIpc) is 2.70. The highest BCUT2D eigenvalue weighted by Crippen LogP contribution is 2.03. The van der Waals surface area contributed by atoms with Crippen molar-refractivity contribution in [3.8, 4) is 0 Å². The second-order valence-electron chi connectivity index (χ2n) is 3.46. The lowest BCUT2D eigenvalue weighted by Crippen LogP contribution is -2.45. The van der Waals surface area contributed by atoms with E-state index in [4.69, 9.17) is 0 Å². The number of aromatic nitrogens is 2. The summed E-state index contributed by atoms with van der Waals surface area (Å²) in [5, 5.41) is 6.17. The van der Waals surface area contributed by atoms with Gasteiger partial charge in [-0.25, -0.2) is 4.98 Å². The van der Waals surface area contributed by atoms with Crippen molar-refractivity contribution in [2.24, 2.45) is 0 Å². The summed E-state index contributed by atoms with van der Waals surface area (Å²) in [6.07, 6.45) is 5.07. The Morgan fingerprint density at radius 1 is 1.64 bits per heavy atom. The number of carbonyl (C=O) groups is 1. The Morgan fingerprint density at radius 3 is 3.21 bits per heavy atom. The van der Waals surface area contributed by atoms with Crippen molar-refractivity contribution >= 4 is 5.91 Å². The van der Waals surface area contributed by atoms with Gasteiger partial charge in [-0.1, -0.05) is 0 Å². The lowest BCUT2D eigenvalue weighted by Gasteiger charge is -2.22. The normalized spacial score (nSPS) is 22.0. The van der Waals surface area contributed by atoms with Gasteiger partial charge in [-0.05, 0) is 6.42 Å². The first-order valence-electron chi connectivity index (χ1n) is 4.83. The summed E-state index contributed by atoms with van der Waals surface area (Å²) in [5.41, 5.74) is 0. The summed E-state index contributed by atoms with van der Waals surface area (Å²) in [7, 11) is 0. The van der Waals surface area contributed by atoms with Crippen LogP contribution in [0.15, 0.2) is 12.4 Å². The molecular weight excluding hydrogens is 180 g/mol. The molecule has 1 aromatic rings. The van der Waals surface area contributed by atoms with Crippen LogP contribution in [-0.4, -0.2) is 28.5 Å². The van der Waals surface area contributed by atoms with Gasteiger partial charge < -0.3 is 15.6 Å². The zero-order chi connectivity index (χ0) is 9.80. The summed E-state index contributed by atoms with van der Waals surface area (Å²) in [6.45, 7) is 1.45. The zero-order valence-electron chi connectivity index (χ0n) is 7.92. The van der Waals surface area contributed by atoms with Crippen LogP contribution in [0.3, 0.4) is 0 Å². The number of H-pyrrole nitrogens is 1. The van der Waals surface area contributed by atoms with E-state index in [2.05, 4.69) is 20.6 Å². The SMILES string of the molecule is O=C1CCC(NCc2ncc[nH]2)CN1. The first kappa shape index (κ1) is 9.21. The van der Waals surface area contributed by atoms with Crippen LogP contribution in [0.25, 0.3) is 0 Å².